The lowest BCUT2D eigenvalue weighted by atomic mass is 10.2. The van der Waals surface area contributed by atoms with Crippen LogP contribution in [0, 0.1) is 0 Å². The molecule has 6 nitrogen and oxygen atoms in total. The first-order valence-electron chi connectivity index (χ1n) is 6.28. The molecule has 1 N–H and O–H groups in total. The predicted molar refractivity (Wildman–Crippen MR) is 72.9 cm³/mol. The average molecular weight is 286 g/mol. The van der Waals surface area contributed by atoms with Gasteiger partial charge in [-0.3, -0.25) is 14.6 Å². The highest BCUT2D eigenvalue weighted by molar-refractivity contribution is 7.16. The smallest absolute Gasteiger partial charge is 0.269 e. The lowest BCUT2D eigenvalue weighted by Gasteiger charge is -2.09. The third-order valence-corrected chi connectivity index (χ3v) is 4.55. The van der Waals surface area contributed by atoms with E-state index in [1.54, 1.807) is 6.07 Å². The molecule has 0 saturated carbocycles. The Morgan fingerprint density at radius 3 is 2.90 bits per heavy atom. The van der Waals surface area contributed by atoms with Gasteiger partial charge in [-0.2, -0.15) is 0 Å². The summed E-state index contributed by atoms with van der Waals surface area (Å²) >= 11 is 1.40. The van der Waals surface area contributed by atoms with Gasteiger partial charge in [0.05, 0.1) is 16.8 Å². The molecule has 0 fully saturated rings. The van der Waals surface area contributed by atoms with Crippen molar-refractivity contribution in [3.05, 3.63) is 40.2 Å². The summed E-state index contributed by atoms with van der Waals surface area (Å²) in [5.41, 5.74) is 1.73. The highest BCUT2D eigenvalue weighted by Gasteiger charge is 2.39. The largest absolute Gasteiger partial charge is 0.311 e. The van der Waals surface area contributed by atoms with Gasteiger partial charge in [0, 0.05) is 36.8 Å². The number of carbonyl (C=O) groups is 2. The number of nitrogens with one attached hydrogen (secondary N) is 1. The van der Waals surface area contributed by atoms with Gasteiger partial charge in [0.15, 0.2) is 5.13 Å². The molecular formula is C13H10N4O2S. The first kappa shape index (κ1) is 11.7. The van der Waals surface area contributed by atoms with Gasteiger partial charge in [-0.25, -0.2) is 9.88 Å². The first-order chi connectivity index (χ1) is 9.75. The highest BCUT2D eigenvalue weighted by Crippen LogP contribution is 2.33. The van der Waals surface area contributed by atoms with Gasteiger partial charge in [-0.1, -0.05) is 11.3 Å². The summed E-state index contributed by atoms with van der Waals surface area (Å²) in [6.07, 6.45) is 3.78. The number of carbonyl (C=O) groups excluding carboxylic acids is 2. The average Bonchev–Trinajstić information content (AvgIpc) is 3.00. The van der Waals surface area contributed by atoms with Crippen molar-refractivity contribution in [2.24, 2.45) is 0 Å². The zero-order valence-corrected chi connectivity index (χ0v) is 11.2. The predicted octanol–water partition coefficient (Wildman–Crippen LogP) is 0.984. The number of fused-ring (bicyclic) bond motifs is 2. The number of nitrogens with zero attached hydrogens (tertiary/aromatic N) is 3. The fourth-order valence-electron chi connectivity index (χ4n) is 2.47. The molecule has 2 aliphatic rings. The number of thiazole rings is 1. The Morgan fingerprint density at radius 1 is 1.25 bits per heavy atom. The second-order valence-corrected chi connectivity index (χ2v) is 5.72. The van der Waals surface area contributed by atoms with Crippen LogP contribution in [0.2, 0.25) is 0 Å². The summed E-state index contributed by atoms with van der Waals surface area (Å²) in [4.78, 5) is 35.3. The molecule has 4 heterocycles. The lowest BCUT2D eigenvalue weighted by molar-refractivity contribution is 0.0926. The van der Waals surface area contributed by atoms with E-state index in [0.717, 1.165) is 35.0 Å². The molecule has 4 rings (SSSR count). The standard InChI is InChI=1S/C13H10N4O2S/c18-11-7-1-3-14-5-8(7)12(19)17(11)13-16-9-2-4-15-6-10(9)20-13/h1,3,5,15H,2,4,6H2. The Hall–Kier alpha value is -2.12. The van der Waals surface area contributed by atoms with Gasteiger partial charge >= 0.3 is 0 Å². The van der Waals surface area contributed by atoms with Gasteiger partial charge in [0.25, 0.3) is 11.8 Å². The monoisotopic (exact) mass is 286 g/mol. The van der Waals surface area contributed by atoms with Crippen molar-refractivity contribution in [2.75, 3.05) is 11.4 Å². The van der Waals surface area contributed by atoms with Crippen LogP contribution < -0.4 is 10.2 Å². The van der Waals surface area contributed by atoms with Crippen LogP contribution >= 0.6 is 11.3 Å². The number of hydrogen-bond acceptors (Lipinski definition) is 6. The van der Waals surface area contributed by atoms with Crippen LogP contribution in [-0.4, -0.2) is 28.3 Å². The van der Waals surface area contributed by atoms with Gasteiger partial charge in [0.2, 0.25) is 0 Å². The van der Waals surface area contributed by atoms with Crippen LogP contribution in [0.1, 0.15) is 31.3 Å². The van der Waals surface area contributed by atoms with Crippen molar-refractivity contribution in [3.63, 3.8) is 0 Å². The molecule has 0 saturated heterocycles. The lowest BCUT2D eigenvalue weighted by Crippen LogP contribution is -2.29. The van der Waals surface area contributed by atoms with Crippen molar-refractivity contribution in [1.29, 1.82) is 0 Å². The van der Waals surface area contributed by atoms with Crippen molar-refractivity contribution >= 4 is 28.3 Å². The Bertz CT molecular complexity index is 681. The molecule has 7 heteroatoms. The minimum Gasteiger partial charge on any atom is -0.311 e. The Labute approximate surface area is 118 Å². The number of imide groups is 1. The maximum atomic E-state index is 12.3. The number of aromatic nitrogens is 2. The Kier molecular flexibility index (Phi) is 2.45. The zero-order valence-electron chi connectivity index (χ0n) is 10.4. The quantitative estimate of drug-likeness (QED) is 0.791. The van der Waals surface area contributed by atoms with E-state index in [2.05, 4.69) is 15.3 Å². The topological polar surface area (TPSA) is 75.2 Å². The molecule has 0 radical (unpaired) electrons. The molecule has 2 aromatic heterocycles. The molecule has 0 unspecified atom stereocenters. The summed E-state index contributed by atoms with van der Waals surface area (Å²) in [5.74, 6) is -0.649. The van der Waals surface area contributed by atoms with Crippen molar-refractivity contribution in [2.45, 2.75) is 13.0 Å². The van der Waals surface area contributed by atoms with E-state index in [0.29, 0.717) is 16.3 Å². The molecule has 100 valence electrons. The number of pyridine rings is 1. The summed E-state index contributed by atoms with van der Waals surface area (Å²) in [6.45, 7) is 1.62. The maximum Gasteiger partial charge on any atom is 0.269 e. The normalized spacial score (nSPS) is 17.3. The highest BCUT2D eigenvalue weighted by atomic mass is 32.1. The van der Waals surface area contributed by atoms with E-state index < -0.39 is 0 Å². The van der Waals surface area contributed by atoms with Gasteiger partial charge < -0.3 is 5.32 Å². The van der Waals surface area contributed by atoms with E-state index in [9.17, 15) is 9.59 Å². The van der Waals surface area contributed by atoms with Crippen LogP contribution in [0.15, 0.2) is 18.5 Å². The van der Waals surface area contributed by atoms with E-state index in [4.69, 9.17) is 0 Å². The van der Waals surface area contributed by atoms with Gasteiger partial charge in [0.1, 0.15) is 0 Å². The number of rotatable bonds is 1. The second-order valence-electron chi connectivity index (χ2n) is 4.66. The summed E-state index contributed by atoms with van der Waals surface area (Å²) in [7, 11) is 0. The number of anilines is 1. The van der Waals surface area contributed by atoms with Crippen LogP contribution in [0.5, 0.6) is 0 Å². The van der Waals surface area contributed by atoms with E-state index in [1.807, 2.05) is 0 Å². The first-order valence-corrected chi connectivity index (χ1v) is 7.09. The minimum atomic E-state index is -0.336. The molecule has 2 aliphatic heterocycles. The van der Waals surface area contributed by atoms with E-state index in [1.165, 1.54) is 23.7 Å². The SMILES string of the molecule is O=C1c2ccncc2C(=O)N1c1nc2c(s1)CNCC2. The summed E-state index contributed by atoms with van der Waals surface area (Å²) in [6, 6.07) is 1.57. The Balaban J connectivity index is 1.79. The molecule has 0 aliphatic carbocycles. The van der Waals surface area contributed by atoms with Crippen molar-refractivity contribution in [1.82, 2.24) is 15.3 Å². The number of amides is 2. The fraction of sp³-hybridized carbons (Fsp3) is 0.231. The third-order valence-electron chi connectivity index (χ3n) is 3.47. The molecule has 0 atom stereocenters. The number of hydrogen-bond donors (Lipinski definition) is 1. The van der Waals surface area contributed by atoms with Gasteiger partial charge in [-0.15, -0.1) is 0 Å². The second kappa shape index (κ2) is 4.19. The van der Waals surface area contributed by atoms with Gasteiger partial charge in [-0.05, 0) is 6.07 Å². The molecule has 20 heavy (non-hydrogen) atoms. The van der Waals surface area contributed by atoms with Crippen molar-refractivity contribution in [3.8, 4) is 0 Å². The molecule has 0 bridgehead atoms. The van der Waals surface area contributed by atoms with E-state index in [-0.39, 0.29) is 11.8 Å². The molecular weight excluding hydrogens is 276 g/mol. The molecule has 0 aromatic carbocycles. The molecule has 0 spiro atoms. The van der Waals surface area contributed by atoms with Crippen LogP contribution in [0.25, 0.3) is 0 Å². The van der Waals surface area contributed by atoms with E-state index >= 15 is 0 Å². The Morgan fingerprint density at radius 2 is 2.10 bits per heavy atom. The van der Waals surface area contributed by atoms with Crippen LogP contribution in [0.3, 0.4) is 0 Å². The van der Waals surface area contributed by atoms with Crippen molar-refractivity contribution < 1.29 is 9.59 Å². The molecule has 2 amide bonds. The molecule has 2 aromatic rings. The maximum absolute atomic E-state index is 12.3. The minimum absolute atomic E-state index is 0.313. The fourth-order valence-corrected chi connectivity index (χ4v) is 3.54. The van der Waals surface area contributed by atoms with Crippen LogP contribution in [-0.2, 0) is 13.0 Å². The third kappa shape index (κ3) is 1.53. The zero-order chi connectivity index (χ0) is 13.7. The van der Waals surface area contributed by atoms with Crippen LogP contribution in [0.4, 0.5) is 5.13 Å². The summed E-state index contributed by atoms with van der Waals surface area (Å²) < 4.78 is 0. The summed E-state index contributed by atoms with van der Waals surface area (Å²) in [5, 5.41) is 3.72.